The summed E-state index contributed by atoms with van der Waals surface area (Å²) in [7, 11) is 0. The molecule has 4 aromatic rings. The number of hydrogen-bond acceptors (Lipinski definition) is 7. The molecule has 2 aromatic heterocycles. The van der Waals surface area contributed by atoms with Gasteiger partial charge in [0.05, 0.1) is 12.3 Å². The molecule has 0 unspecified atom stereocenters. The van der Waals surface area contributed by atoms with Crippen LogP contribution in [0.15, 0.2) is 70.8 Å². The predicted molar refractivity (Wildman–Crippen MR) is 113 cm³/mol. The molecule has 0 aliphatic heterocycles. The Morgan fingerprint density at radius 3 is 2.67 bits per heavy atom. The van der Waals surface area contributed by atoms with Crippen molar-refractivity contribution in [1.29, 1.82) is 0 Å². The van der Waals surface area contributed by atoms with Crippen molar-refractivity contribution < 1.29 is 9.21 Å². The highest BCUT2D eigenvalue weighted by Crippen LogP contribution is 2.24. The van der Waals surface area contributed by atoms with E-state index < -0.39 is 0 Å². The molecular formula is C20H17ClN6O2S. The summed E-state index contributed by atoms with van der Waals surface area (Å²) in [6.07, 6.45) is 3.16. The zero-order valence-electron chi connectivity index (χ0n) is 15.7. The first-order valence-corrected chi connectivity index (χ1v) is 10.4. The Bertz CT molecular complexity index is 1110. The first kappa shape index (κ1) is 20.1. The Kier molecular flexibility index (Phi) is 6.41. The molecule has 0 saturated heterocycles. The summed E-state index contributed by atoms with van der Waals surface area (Å²) in [5.41, 5.74) is 2.86. The molecule has 0 aliphatic rings. The van der Waals surface area contributed by atoms with Gasteiger partial charge in [0, 0.05) is 17.1 Å². The summed E-state index contributed by atoms with van der Waals surface area (Å²) in [6, 6.07) is 15.0. The predicted octanol–water partition coefficient (Wildman–Crippen LogP) is 3.44. The van der Waals surface area contributed by atoms with Gasteiger partial charge < -0.3 is 9.73 Å². The van der Waals surface area contributed by atoms with Gasteiger partial charge in [0.2, 0.25) is 11.8 Å². The average Bonchev–Trinajstić information content (AvgIpc) is 3.44. The van der Waals surface area contributed by atoms with E-state index >= 15 is 0 Å². The first-order valence-electron chi connectivity index (χ1n) is 9.05. The highest BCUT2D eigenvalue weighted by atomic mass is 35.5. The number of halogens is 1. The molecule has 10 heteroatoms. The van der Waals surface area contributed by atoms with Gasteiger partial charge in [-0.05, 0) is 35.4 Å². The number of benzene rings is 2. The van der Waals surface area contributed by atoms with Crippen molar-refractivity contribution in [2.24, 2.45) is 0 Å². The van der Waals surface area contributed by atoms with E-state index in [1.807, 2.05) is 24.3 Å². The fourth-order valence-corrected chi connectivity index (χ4v) is 3.44. The number of nitrogens with one attached hydrogen (secondary N) is 1. The minimum Gasteiger partial charge on any atom is -0.411 e. The molecule has 152 valence electrons. The summed E-state index contributed by atoms with van der Waals surface area (Å²) in [6.45, 7) is 1.01. The third-order valence-electron chi connectivity index (χ3n) is 4.22. The lowest BCUT2D eigenvalue weighted by Crippen LogP contribution is -2.25. The summed E-state index contributed by atoms with van der Waals surface area (Å²) in [4.78, 5) is 16.2. The van der Waals surface area contributed by atoms with Crippen LogP contribution in [0.3, 0.4) is 0 Å². The van der Waals surface area contributed by atoms with Crippen molar-refractivity contribution in [3.05, 3.63) is 77.3 Å². The largest absolute Gasteiger partial charge is 0.411 e. The quantitative estimate of drug-likeness (QED) is 0.419. The van der Waals surface area contributed by atoms with Crippen LogP contribution in [-0.2, 0) is 17.9 Å². The molecule has 8 nitrogen and oxygen atoms in total. The number of nitrogens with zero attached hydrogens (tertiary/aromatic N) is 5. The van der Waals surface area contributed by atoms with Crippen LogP contribution in [0, 0.1) is 0 Å². The second-order valence-corrected chi connectivity index (χ2v) is 7.67. The monoisotopic (exact) mass is 440 g/mol. The number of thioether (sulfide) groups is 1. The molecular weight excluding hydrogens is 424 g/mol. The zero-order chi connectivity index (χ0) is 20.8. The lowest BCUT2D eigenvalue weighted by Gasteiger charge is -2.10. The number of hydrogen-bond donors (Lipinski definition) is 1. The molecule has 1 amide bonds. The van der Waals surface area contributed by atoms with Gasteiger partial charge in [0.15, 0.2) is 0 Å². The number of aromatic nitrogens is 5. The van der Waals surface area contributed by atoms with Crippen molar-refractivity contribution >= 4 is 29.3 Å². The van der Waals surface area contributed by atoms with Gasteiger partial charge in [-0.15, -0.1) is 10.2 Å². The SMILES string of the molecule is O=C(CSc1nnc(-c2ccc(Cl)cc2)o1)NCc1ccccc1Cn1cncn1. The standard InChI is InChI=1S/C20H17ClN6O2S/c21-17-7-5-14(6-8-17)19-25-26-20(29-19)30-11-18(28)23-9-15-3-1-2-4-16(15)10-27-13-22-12-24-27/h1-8,12-13H,9-11H2,(H,23,28). The minimum absolute atomic E-state index is 0.123. The van der Waals surface area contributed by atoms with E-state index in [2.05, 4.69) is 25.6 Å². The van der Waals surface area contributed by atoms with Crippen LogP contribution in [-0.4, -0.2) is 36.6 Å². The first-order chi connectivity index (χ1) is 14.7. The third-order valence-corrected chi connectivity index (χ3v) is 5.29. The van der Waals surface area contributed by atoms with Crippen LogP contribution in [0.2, 0.25) is 5.02 Å². The Morgan fingerprint density at radius 1 is 1.10 bits per heavy atom. The lowest BCUT2D eigenvalue weighted by atomic mass is 10.1. The van der Waals surface area contributed by atoms with Gasteiger partial charge in [0.25, 0.3) is 5.22 Å². The molecule has 0 fully saturated rings. The maximum Gasteiger partial charge on any atom is 0.277 e. The topological polar surface area (TPSA) is 98.7 Å². The van der Waals surface area contributed by atoms with Gasteiger partial charge in [-0.25, -0.2) is 9.67 Å². The van der Waals surface area contributed by atoms with E-state index in [9.17, 15) is 4.79 Å². The van der Waals surface area contributed by atoms with Crippen molar-refractivity contribution in [2.75, 3.05) is 5.75 Å². The van der Waals surface area contributed by atoms with Gasteiger partial charge in [0.1, 0.15) is 12.7 Å². The van der Waals surface area contributed by atoms with Crippen LogP contribution in [0.5, 0.6) is 0 Å². The normalized spacial score (nSPS) is 10.8. The zero-order valence-corrected chi connectivity index (χ0v) is 17.3. The summed E-state index contributed by atoms with van der Waals surface area (Å²) in [5, 5.41) is 16.0. The van der Waals surface area contributed by atoms with Crippen LogP contribution in [0.4, 0.5) is 0 Å². The third kappa shape index (κ3) is 5.25. The van der Waals surface area contributed by atoms with Crippen LogP contribution in [0.1, 0.15) is 11.1 Å². The Labute approximate surface area is 181 Å². The summed E-state index contributed by atoms with van der Waals surface area (Å²) in [5.74, 6) is 0.437. The molecule has 0 radical (unpaired) electrons. The van der Waals surface area contributed by atoms with Gasteiger partial charge >= 0.3 is 0 Å². The maximum atomic E-state index is 12.3. The second-order valence-electron chi connectivity index (χ2n) is 6.31. The molecule has 0 atom stereocenters. The van der Waals surface area contributed by atoms with E-state index in [4.69, 9.17) is 16.0 Å². The highest BCUT2D eigenvalue weighted by Gasteiger charge is 2.12. The van der Waals surface area contributed by atoms with Crippen LogP contribution >= 0.6 is 23.4 Å². The van der Waals surface area contributed by atoms with Crippen molar-refractivity contribution in [3.8, 4) is 11.5 Å². The van der Waals surface area contributed by atoms with Crippen LogP contribution < -0.4 is 5.32 Å². The van der Waals surface area contributed by atoms with Crippen molar-refractivity contribution in [3.63, 3.8) is 0 Å². The molecule has 0 spiro atoms. The van der Waals surface area contributed by atoms with E-state index in [1.165, 1.54) is 18.1 Å². The number of rotatable bonds is 8. The van der Waals surface area contributed by atoms with E-state index in [-0.39, 0.29) is 11.7 Å². The Balaban J connectivity index is 1.29. The Hall–Kier alpha value is -3.17. The Morgan fingerprint density at radius 2 is 1.90 bits per heavy atom. The van der Waals surface area contributed by atoms with Crippen molar-refractivity contribution in [1.82, 2.24) is 30.3 Å². The maximum absolute atomic E-state index is 12.3. The fraction of sp³-hybridized carbons (Fsp3) is 0.150. The van der Waals surface area contributed by atoms with E-state index in [0.717, 1.165) is 16.7 Å². The fourth-order valence-electron chi connectivity index (χ4n) is 2.72. The molecule has 30 heavy (non-hydrogen) atoms. The molecule has 1 N–H and O–H groups in total. The lowest BCUT2D eigenvalue weighted by molar-refractivity contribution is -0.118. The number of carbonyl (C=O) groups is 1. The summed E-state index contributed by atoms with van der Waals surface area (Å²) < 4.78 is 7.34. The summed E-state index contributed by atoms with van der Waals surface area (Å²) >= 11 is 7.08. The van der Waals surface area contributed by atoms with Gasteiger partial charge in [-0.1, -0.05) is 47.6 Å². The average molecular weight is 441 g/mol. The smallest absolute Gasteiger partial charge is 0.277 e. The van der Waals surface area contributed by atoms with Gasteiger partial charge in [-0.2, -0.15) is 5.10 Å². The molecule has 2 heterocycles. The molecule has 0 saturated carbocycles. The van der Waals surface area contributed by atoms with E-state index in [1.54, 1.807) is 35.3 Å². The van der Waals surface area contributed by atoms with Crippen LogP contribution in [0.25, 0.3) is 11.5 Å². The molecule has 4 rings (SSSR count). The minimum atomic E-state index is -0.123. The molecule has 0 aliphatic carbocycles. The molecule has 0 bridgehead atoms. The number of amides is 1. The highest BCUT2D eigenvalue weighted by molar-refractivity contribution is 7.99. The van der Waals surface area contributed by atoms with Crippen molar-refractivity contribution in [2.45, 2.75) is 18.3 Å². The van der Waals surface area contributed by atoms with E-state index in [0.29, 0.717) is 29.2 Å². The van der Waals surface area contributed by atoms with Gasteiger partial charge in [-0.3, -0.25) is 4.79 Å². The second kappa shape index (κ2) is 9.55. The number of carbonyl (C=O) groups excluding carboxylic acids is 1. The molecule has 2 aromatic carbocycles.